The van der Waals surface area contributed by atoms with E-state index in [0.29, 0.717) is 13.2 Å². The number of nitrogens with one attached hydrogen (secondary N) is 1. The fourth-order valence-electron chi connectivity index (χ4n) is 2.31. The number of rotatable bonds is 5. The molecule has 1 heterocycles. The van der Waals surface area contributed by atoms with Crippen molar-refractivity contribution in [3.05, 3.63) is 58.1 Å². The second kappa shape index (κ2) is 6.96. The minimum atomic E-state index is 0.637. The molecule has 0 unspecified atom stereocenters. The van der Waals surface area contributed by atoms with Gasteiger partial charge in [-0.1, -0.05) is 34.1 Å². The highest BCUT2D eigenvalue weighted by Crippen LogP contribution is 2.30. The average molecular weight is 348 g/mol. The van der Waals surface area contributed by atoms with E-state index in [1.807, 2.05) is 6.07 Å². The summed E-state index contributed by atoms with van der Waals surface area (Å²) in [5.74, 6) is 1.72. The SMILES string of the molecule is Brc1ccc(CNCCc2ccc3c(c2)OCCO3)cc1. The molecule has 0 atom stereocenters. The van der Waals surface area contributed by atoms with Crippen LogP contribution in [0.25, 0.3) is 0 Å². The van der Waals surface area contributed by atoms with Crippen LogP contribution in [0.4, 0.5) is 0 Å². The van der Waals surface area contributed by atoms with Crippen molar-refractivity contribution >= 4 is 15.9 Å². The molecule has 1 N–H and O–H groups in total. The van der Waals surface area contributed by atoms with E-state index in [2.05, 4.69) is 57.6 Å². The van der Waals surface area contributed by atoms with Crippen LogP contribution in [-0.4, -0.2) is 19.8 Å². The Morgan fingerprint density at radius 3 is 2.43 bits per heavy atom. The van der Waals surface area contributed by atoms with Crippen LogP contribution in [0.1, 0.15) is 11.1 Å². The predicted molar refractivity (Wildman–Crippen MR) is 87.0 cm³/mol. The Morgan fingerprint density at radius 1 is 0.905 bits per heavy atom. The van der Waals surface area contributed by atoms with E-state index in [1.54, 1.807) is 0 Å². The van der Waals surface area contributed by atoms with Crippen molar-refractivity contribution in [1.82, 2.24) is 5.32 Å². The Bertz CT molecular complexity index is 598. The second-order valence-electron chi connectivity index (χ2n) is 5.03. The molecule has 0 bridgehead atoms. The molecule has 0 aromatic heterocycles. The van der Waals surface area contributed by atoms with Gasteiger partial charge in [0.25, 0.3) is 0 Å². The van der Waals surface area contributed by atoms with E-state index < -0.39 is 0 Å². The lowest BCUT2D eigenvalue weighted by atomic mass is 10.1. The van der Waals surface area contributed by atoms with E-state index >= 15 is 0 Å². The second-order valence-corrected chi connectivity index (χ2v) is 5.95. The molecule has 3 nitrogen and oxygen atoms in total. The van der Waals surface area contributed by atoms with Gasteiger partial charge in [-0.15, -0.1) is 0 Å². The van der Waals surface area contributed by atoms with Crippen LogP contribution in [0, 0.1) is 0 Å². The fourth-order valence-corrected chi connectivity index (χ4v) is 2.58. The lowest BCUT2D eigenvalue weighted by Gasteiger charge is -2.18. The first kappa shape index (κ1) is 14.4. The maximum Gasteiger partial charge on any atom is 0.161 e. The van der Waals surface area contributed by atoms with Gasteiger partial charge in [0.15, 0.2) is 11.5 Å². The van der Waals surface area contributed by atoms with Crippen LogP contribution in [0.5, 0.6) is 11.5 Å². The largest absolute Gasteiger partial charge is 0.486 e. The molecule has 21 heavy (non-hydrogen) atoms. The molecule has 2 aromatic carbocycles. The zero-order valence-electron chi connectivity index (χ0n) is 11.8. The predicted octanol–water partition coefficient (Wildman–Crippen LogP) is 3.55. The summed E-state index contributed by atoms with van der Waals surface area (Å²) in [5.41, 5.74) is 2.56. The minimum absolute atomic E-state index is 0.637. The van der Waals surface area contributed by atoms with E-state index in [-0.39, 0.29) is 0 Å². The molecule has 3 rings (SSSR count). The van der Waals surface area contributed by atoms with Gasteiger partial charge < -0.3 is 14.8 Å². The highest BCUT2D eigenvalue weighted by atomic mass is 79.9. The topological polar surface area (TPSA) is 30.5 Å². The first-order chi connectivity index (χ1) is 10.3. The fraction of sp³-hybridized carbons (Fsp3) is 0.294. The van der Waals surface area contributed by atoms with Crippen molar-refractivity contribution in [2.45, 2.75) is 13.0 Å². The Morgan fingerprint density at radius 2 is 1.62 bits per heavy atom. The van der Waals surface area contributed by atoms with Gasteiger partial charge >= 0.3 is 0 Å². The lowest BCUT2D eigenvalue weighted by Crippen LogP contribution is -2.17. The van der Waals surface area contributed by atoms with Gasteiger partial charge in [-0.2, -0.15) is 0 Å². The van der Waals surface area contributed by atoms with Gasteiger partial charge in [-0.25, -0.2) is 0 Å². The smallest absolute Gasteiger partial charge is 0.161 e. The van der Waals surface area contributed by atoms with Crippen LogP contribution >= 0.6 is 15.9 Å². The molecule has 0 amide bonds. The normalized spacial score (nSPS) is 13.2. The standard InChI is InChI=1S/C17H18BrNO2/c18-15-4-1-14(2-5-15)12-19-8-7-13-3-6-16-17(11-13)21-10-9-20-16/h1-6,11,19H,7-10,12H2. The molecule has 0 fully saturated rings. The van der Waals surface area contributed by atoms with Crippen LogP contribution < -0.4 is 14.8 Å². The molecule has 2 aromatic rings. The van der Waals surface area contributed by atoms with Gasteiger partial charge in [0, 0.05) is 11.0 Å². The van der Waals surface area contributed by atoms with Gasteiger partial charge in [0.05, 0.1) is 0 Å². The Kier molecular flexibility index (Phi) is 4.78. The van der Waals surface area contributed by atoms with Crippen LogP contribution in [0.3, 0.4) is 0 Å². The molecule has 1 aliphatic rings. The average Bonchev–Trinajstić information content (AvgIpc) is 2.53. The summed E-state index contributed by atoms with van der Waals surface area (Å²) in [7, 11) is 0. The van der Waals surface area contributed by atoms with E-state index in [0.717, 1.165) is 35.5 Å². The van der Waals surface area contributed by atoms with E-state index in [1.165, 1.54) is 11.1 Å². The number of benzene rings is 2. The minimum Gasteiger partial charge on any atom is -0.486 e. The molecule has 110 valence electrons. The molecule has 0 saturated carbocycles. The van der Waals surface area contributed by atoms with Gasteiger partial charge in [0.1, 0.15) is 13.2 Å². The maximum absolute atomic E-state index is 5.60. The number of halogens is 1. The highest BCUT2D eigenvalue weighted by molar-refractivity contribution is 9.10. The Hall–Kier alpha value is -1.52. The molecule has 4 heteroatoms. The van der Waals surface area contributed by atoms with Gasteiger partial charge in [-0.05, 0) is 48.4 Å². The van der Waals surface area contributed by atoms with Crippen molar-refractivity contribution in [3.63, 3.8) is 0 Å². The van der Waals surface area contributed by atoms with Gasteiger partial charge in [-0.3, -0.25) is 0 Å². The van der Waals surface area contributed by atoms with Crippen LogP contribution in [0.15, 0.2) is 46.9 Å². The van der Waals surface area contributed by atoms with E-state index in [9.17, 15) is 0 Å². The zero-order valence-corrected chi connectivity index (χ0v) is 13.4. The summed E-state index contributed by atoms with van der Waals surface area (Å²) >= 11 is 3.45. The molecule has 0 spiro atoms. The van der Waals surface area contributed by atoms with Crippen molar-refractivity contribution in [2.75, 3.05) is 19.8 Å². The summed E-state index contributed by atoms with van der Waals surface area (Å²) < 4.78 is 12.2. The maximum atomic E-state index is 5.60. The molecule has 0 aliphatic carbocycles. The summed E-state index contributed by atoms with van der Waals surface area (Å²) in [6, 6.07) is 14.6. The molecular formula is C17H18BrNO2. The van der Waals surface area contributed by atoms with Crippen molar-refractivity contribution in [3.8, 4) is 11.5 Å². The number of fused-ring (bicyclic) bond motifs is 1. The molecular weight excluding hydrogens is 330 g/mol. The van der Waals surface area contributed by atoms with Gasteiger partial charge in [0.2, 0.25) is 0 Å². The molecule has 0 saturated heterocycles. The summed E-state index contributed by atoms with van der Waals surface area (Å²) in [6.45, 7) is 3.10. The summed E-state index contributed by atoms with van der Waals surface area (Å²) in [5, 5.41) is 3.46. The summed E-state index contributed by atoms with van der Waals surface area (Å²) in [6.07, 6.45) is 0.979. The zero-order chi connectivity index (χ0) is 14.5. The monoisotopic (exact) mass is 347 g/mol. The van der Waals surface area contributed by atoms with Crippen molar-refractivity contribution < 1.29 is 9.47 Å². The quantitative estimate of drug-likeness (QED) is 0.839. The first-order valence-corrected chi connectivity index (χ1v) is 7.94. The molecule has 0 radical (unpaired) electrons. The first-order valence-electron chi connectivity index (χ1n) is 7.15. The Balaban J connectivity index is 1.48. The third kappa shape index (κ3) is 3.99. The lowest BCUT2D eigenvalue weighted by molar-refractivity contribution is 0.171. The number of ether oxygens (including phenoxy) is 2. The number of hydrogen-bond donors (Lipinski definition) is 1. The van der Waals surface area contributed by atoms with Crippen molar-refractivity contribution in [2.24, 2.45) is 0 Å². The van der Waals surface area contributed by atoms with Crippen molar-refractivity contribution in [1.29, 1.82) is 0 Å². The third-order valence-corrected chi connectivity index (χ3v) is 3.97. The third-order valence-electron chi connectivity index (χ3n) is 3.44. The number of hydrogen-bond acceptors (Lipinski definition) is 3. The highest BCUT2D eigenvalue weighted by Gasteiger charge is 2.11. The Labute approximate surface area is 133 Å². The van der Waals surface area contributed by atoms with Crippen LogP contribution in [0.2, 0.25) is 0 Å². The van der Waals surface area contributed by atoms with Crippen LogP contribution in [-0.2, 0) is 13.0 Å². The molecule has 1 aliphatic heterocycles. The van der Waals surface area contributed by atoms with E-state index in [4.69, 9.17) is 9.47 Å². The summed E-state index contributed by atoms with van der Waals surface area (Å²) in [4.78, 5) is 0.